The van der Waals surface area contributed by atoms with E-state index in [-0.39, 0.29) is 11.0 Å². The largest absolute Gasteiger partial charge is 0.293 e. The number of carbonyl (C=O) groups is 1. The number of rotatable bonds is 5. The molecule has 0 heterocycles. The van der Waals surface area contributed by atoms with Gasteiger partial charge in [-0.25, -0.2) is 8.78 Å². The van der Waals surface area contributed by atoms with Gasteiger partial charge in [-0.15, -0.1) is 0 Å². The molecule has 0 aliphatic rings. The van der Waals surface area contributed by atoms with Crippen LogP contribution in [-0.4, -0.2) is 21.0 Å². The van der Waals surface area contributed by atoms with E-state index in [1.54, 1.807) is 6.92 Å². The Balaban J connectivity index is 2.88. The summed E-state index contributed by atoms with van der Waals surface area (Å²) in [4.78, 5) is 11.6. The lowest BCUT2D eigenvalue weighted by Gasteiger charge is -2.08. The zero-order valence-electron chi connectivity index (χ0n) is 9.70. The summed E-state index contributed by atoms with van der Waals surface area (Å²) >= 11 is 0. The van der Waals surface area contributed by atoms with Gasteiger partial charge in [-0.3, -0.25) is 9.00 Å². The van der Waals surface area contributed by atoms with E-state index in [1.165, 1.54) is 6.07 Å². The van der Waals surface area contributed by atoms with E-state index < -0.39 is 33.8 Å². The lowest BCUT2D eigenvalue weighted by atomic mass is 10.1. The van der Waals surface area contributed by atoms with Gasteiger partial charge in [-0.2, -0.15) is 0 Å². The van der Waals surface area contributed by atoms with E-state index >= 15 is 0 Å². The summed E-state index contributed by atoms with van der Waals surface area (Å²) in [5, 5.41) is -0.159. The van der Waals surface area contributed by atoms with Crippen molar-refractivity contribution in [2.45, 2.75) is 25.5 Å². The van der Waals surface area contributed by atoms with E-state index in [2.05, 4.69) is 0 Å². The highest BCUT2D eigenvalue weighted by atomic mass is 32.2. The average Bonchev–Trinajstić information content (AvgIpc) is 2.27. The molecule has 5 heteroatoms. The normalized spacial score (nSPS) is 14.4. The quantitative estimate of drug-likeness (QED) is 0.763. The molecule has 0 amide bonds. The SMILES string of the molecule is CCC(C)S(=O)CC(=O)c1c(F)cccc1F. The second kappa shape index (κ2) is 6.00. The van der Waals surface area contributed by atoms with Crippen LogP contribution in [0.2, 0.25) is 0 Å². The van der Waals surface area contributed by atoms with Crippen molar-refractivity contribution in [2.75, 3.05) is 5.75 Å². The summed E-state index contributed by atoms with van der Waals surface area (Å²) in [6.45, 7) is 3.58. The van der Waals surface area contributed by atoms with Crippen molar-refractivity contribution in [3.8, 4) is 0 Å². The highest BCUT2D eigenvalue weighted by Crippen LogP contribution is 2.14. The van der Waals surface area contributed by atoms with Gasteiger partial charge in [0.15, 0.2) is 5.78 Å². The van der Waals surface area contributed by atoms with Gasteiger partial charge in [0.1, 0.15) is 11.6 Å². The number of carbonyl (C=O) groups excluding carboxylic acids is 1. The van der Waals surface area contributed by atoms with Crippen LogP contribution in [0.1, 0.15) is 30.6 Å². The first kappa shape index (κ1) is 14.0. The maximum absolute atomic E-state index is 13.3. The molecule has 0 radical (unpaired) electrons. The molecule has 2 atom stereocenters. The van der Waals surface area contributed by atoms with Gasteiger partial charge in [0.25, 0.3) is 0 Å². The van der Waals surface area contributed by atoms with E-state index in [0.717, 1.165) is 12.1 Å². The Morgan fingerprint density at radius 3 is 2.35 bits per heavy atom. The molecule has 0 spiro atoms. The Morgan fingerprint density at radius 1 is 1.35 bits per heavy atom. The van der Waals surface area contributed by atoms with Crippen LogP contribution in [0.5, 0.6) is 0 Å². The Hall–Kier alpha value is -1.10. The molecule has 1 aromatic rings. The van der Waals surface area contributed by atoms with Gasteiger partial charge >= 0.3 is 0 Å². The predicted molar refractivity (Wildman–Crippen MR) is 63.5 cm³/mol. The number of hydrogen-bond donors (Lipinski definition) is 0. The maximum atomic E-state index is 13.3. The van der Waals surface area contributed by atoms with Crippen LogP contribution >= 0.6 is 0 Å². The Bertz CT molecular complexity index is 426. The van der Waals surface area contributed by atoms with Crippen LogP contribution < -0.4 is 0 Å². The highest BCUT2D eigenvalue weighted by molar-refractivity contribution is 7.86. The third kappa shape index (κ3) is 3.43. The number of Topliss-reactive ketones (excluding diaryl/α,β-unsaturated/α-hetero) is 1. The van der Waals surface area contributed by atoms with Crippen LogP contribution in [-0.2, 0) is 10.8 Å². The van der Waals surface area contributed by atoms with Crippen LogP contribution in [0.3, 0.4) is 0 Å². The van der Waals surface area contributed by atoms with Crippen LogP contribution in [0.15, 0.2) is 18.2 Å². The summed E-state index contributed by atoms with van der Waals surface area (Å²) in [6.07, 6.45) is 0.652. The molecule has 0 aliphatic heterocycles. The summed E-state index contributed by atoms with van der Waals surface area (Å²) in [7, 11) is -1.39. The smallest absolute Gasteiger partial charge is 0.181 e. The standard InChI is InChI=1S/C12H14F2O2S/c1-3-8(2)17(16)7-11(15)12-9(13)5-4-6-10(12)14/h4-6,8H,3,7H2,1-2H3. The Kier molecular flexibility index (Phi) is 4.93. The molecule has 94 valence electrons. The second-order valence-electron chi connectivity index (χ2n) is 3.76. The first-order chi connectivity index (χ1) is 7.97. The lowest BCUT2D eigenvalue weighted by molar-refractivity contribution is 0.101. The summed E-state index contributed by atoms with van der Waals surface area (Å²) in [5.41, 5.74) is -0.593. The molecule has 17 heavy (non-hydrogen) atoms. The first-order valence-electron chi connectivity index (χ1n) is 5.31. The summed E-state index contributed by atoms with van der Waals surface area (Å²) in [6, 6.07) is 3.22. The third-order valence-electron chi connectivity index (χ3n) is 2.54. The van der Waals surface area contributed by atoms with Gasteiger partial charge in [-0.1, -0.05) is 19.9 Å². The number of halogens is 2. The minimum atomic E-state index is -1.39. The van der Waals surface area contributed by atoms with Crippen LogP contribution in [0.4, 0.5) is 8.78 Å². The van der Waals surface area contributed by atoms with Gasteiger partial charge < -0.3 is 0 Å². The molecule has 0 aromatic heterocycles. The van der Waals surface area contributed by atoms with Crippen molar-refractivity contribution in [3.63, 3.8) is 0 Å². The minimum absolute atomic E-state index is 0.159. The van der Waals surface area contributed by atoms with E-state index in [9.17, 15) is 17.8 Å². The molecule has 1 rings (SSSR count). The van der Waals surface area contributed by atoms with Crippen molar-refractivity contribution in [2.24, 2.45) is 0 Å². The molecule has 1 aromatic carbocycles. The molecular formula is C12H14F2O2S. The van der Waals surface area contributed by atoms with Crippen molar-refractivity contribution >= 4 is 16.6 Å². The minimum Gasteiger partial charge on any atom is -0.293 e. The highest BCUT2D eigenvalue weighted by Gasteiger charge is 2.20. The lowest BCUT2D eigenvalue weighted by Crippen LogP contribution is -2.20. The number of hydrogen-bond acceptors (Lipinski definition) is 2. The molecule has 0 fully saturated rings. The fraction of sp³-hybridized carbons (Fsp3) is 0.417. The van der Waals surface area contributed by atoms with Gasteiger partial charge in [0, 0.05) is 16.0 Å². The zero-order valence-corrected chi connectivity index (χ0v) is 10.5. The molecule has 0 N–H and O–H groups in total. The molecule has 2 unspecified atom stereocenters. The topological polar surface area (TPSA) is 34.1 Å². The van der Waals surface area contributed by atoms with Gasteiger partial charge in [0.2, 0.25) is 0 Å². The van der Waals surface area contributed by atoms with Gasteiger partial charge in [-0.05, 0) is 18.6 Å². The van der Waals surface area contributed by atoms with E-state index in [1.807, 2.05) is 6.92 Å². The third-order valence-corrected chi connectivity index (χ3v) is 4.32. The molecule has 0 aliphatic carbocycles. The first-order valence-corrected chi connectivity index (χ1v) is 6.70. The number of ketones is 1. The fourth-order valence-electron chi connectivity index (χ4n) is 1.29. The molecule has 2 nitrogen and oxygen atoms in total. The Labute approximate surface area is 101 Å². The molecule has 0 saturated carbocycles. The second-order valence-corrected chi connectivity index (χ2v) is 5.62. The fourth-order valence-corrected chi connectivity index (χ4v) is 2.35. The molecule has 0 saturated heterocycles. The van der Waals surface area contributed by atoms with Crippen molar-refractivity contribution in [3.05, 3.63) is 35.4 Å². The van der Waals surface area contributed by atoms with Crippen LogP contribution in [0, 0.1) is 11.6 Å². The van der Waals surface area contributed by atoms with E-state index in [4.69, 9.17) is 0 Å². The van der Waals surface area contributed by atoms with Crippen LogP contribution in [0.25, 0.3) is 0 Å². The maximum Gasteiger partial charge on any atom is 0.181 e. The molecule has 0 bridgehead atoms. The summed E-state index contributed by atoms with van der Waals surface area (Å²) < 4.78 is 38.2. The average molecular weight is 260 g/mol. The monoisotopic (exact) mass is 260 g/mol. The predicted octanol–water partition coefficient (Wildman–Crippen LogP) is 2.69. The van der Waals surface area contributed by atoms with E-state index in [0.29, 0.717) is 6.42 Å². The van der Waals surface area contributed by atoms with Gasteiger partial charge in [0.05, 0.1) is 11.3 Å². The summed E-state index contributed by atoms with van der Waals surface area (Å²) in [5.74, 6) is -2.90. The van der Waals surface area contributed by atoms with Crippen molar-refractivity contribution in [1.29, 1.82) is 0 Å². The number of benzene rings is 1. The zero-order chi connectivity index (χ0) is 13.0. The van der Waals surface area contributed by atoms with Crippen molar-refractivity contribution < 1.29 is 17.8 Å². The Morgan fingerprint density at radius 2 is 1.88 bits per heavy atom. The molecular weight excluding hydrogens is 246 g/mol. The van der Waals surface area contributed by atoms with Crippen molar-refractivity contribution in [1.82, 2.24) is 0 Å².